The fourth-order valence-electron chi connectivity index (χ4n) is 2.21. The lowest BCUT2D eigenvalue weighted by atomic mass is 10.0. The topological polar surface area (TPSA) is 96.0 Å². The van der Waals surface area contributed by atoms with Crippen LogP contribution in [0.15, 0.2) is 24.3 Å². The third-order valence-electron chi connectivity index (χ3n) is 3.62. The van der Waals surface area contributed by atoms with Crippen molar-refractivity contribution in [1.82, 2.24) is 0 Å². The molecule has 152 valence electrons. The lowest BCUT2D eigenvalue weighted by molar-refractivity contribution is -0.361. The Morgan fingerprint density at radius 1 is 1.11 bits per heavy atom. The Hall–Kier alpha value is -1.86. The van der Waals surface area contributed by atoms with E-state index < -0.39 is 46.2 Å². The van der Waals surface area contributed by atoms with E-state index in [1.54, 1.807) is 0 Å². The van der Waals surface area contributed by atoms with Crippen LogP contribution in [0.4, 0.5) is 26.3 Å². The molecule has 0 saturated carbocycles. The molecule has 27 heavy (non-hydrogen) atoms. The summed E-state index contributed by atoms with van der Waals surface area (Å²) in [5, 5.41) is 0. The molecule has 6 nitrogen and oxygen atoms in total. The molecular weight excluding hydrogens is 410 g/mol. The summed E-state index contributed by atoms with van der Waals surface area (Å²) in [6.45, 7) is 0.463. The number of rotatable bonds is 6. The quantitative estimate of drug-likeness (QED) is 0.303. The van der Waals surface area contributed by atoms with Crippen LogP contribution in [-0.4, -0.2) is 49.3 Å². The maximum atomic E-state index is 13.0. The van der Waals surface area contributed by atoms with Crippen molar-refractivity contribution in [2.24, 2.45) is 0 Å². The molecule has 0 amide bonds. The summed E-state index contributed by atoms with van der Waals surface area (Å²) < 4.78 is 119. The van der Waals surface area contributed by atoms with Gasteiger partial charge in [-0.05, 0) is 11.1 Å². The number of carbonyl (C=O) groups is 1. The second-order valence-electron chi connectivity index (χ2n) is 5.74. The predicted octanol–water partition coefficient (Wildman–Crippen LogP) is 2.25. The minimum atomic E-state index is -6.38. The number of hydrogen-bond donors (Lipinski definition) is 0. The van der Waals surface area contributed by atoms with Crippen molar-refractivity contribution < 1.29 is 53.6 Å². The second-order valence-corrected chi connectivity index (χ2v) is 7.14. The van der Waals surface area contributed by atoms with E-state index in [1.807, 2.05) is 0 Å². The smallest absolute Gasteiger partial charge is 0.438 e. The highest BCUT2D eigenvalue weighted by Gasteiger charge is 2.75. The summed E-state index contributed by atoms with van der Waals surface area (Å²) in [7, 11) is -6.06. The molecule has 1 heterocycles. The van der Waals surface area contributed by atoms with E-state index in [4.69, 9.17) is 4.74 Å². The van der Waals surface area contributed by atoms with Crippen LogP contribution >= 0.6 is 0 Å². The average molecular weight is 421 g/mol. The number of epoxide rings is 1. The maximum Gasteiger partial charge on any atom is 0.438 e. The van der Waals surface area contributed by atoms with Gasteiger partial charge in [0.1, 0.15) is 6.10 Å². The molecule has 1 saturated heterocycles. The minimum Gasteiger partial charge on any atom is -0.748 e. The molecular formula is C14H11F6O6S-. The molecule has 1 aromatic carbocycles. The summed E-state index contributed by atoms with van der Waals surface area (Å²) in [6, 6.07) is 5.46. The van der Waals surface area contributed by atoms with Crippen LogP contribution in [0.3, 0.4) is 0 Å². The first-order chi connectivity index (χ1) is 12.1. The first kappa shape index (κ1) is 21.4. The second kappa shape index (κ2) is 6.95. The van der Waals surface area contributed by atoms with Gasteiger partial charge in [-0.25, -0.2) is 8.42 Å². The Labute approximate surface area is 148 Å². The van der Waals surface area contributed by atoms with Crippen LogP contribution in [0.2, 0.25) is 0 Å². The van der Waals surface area contributed by atoms with Gasteiger partial charge in [-0.15, -0.1) is 0 Å². The molecule has 13 heteroatoms. The SMILES string of the molecule is O=C(Cc1ccc(C2CO2)cc1)OC(CS(=O)(=O)[O-])(C(F)(F)F)C(F)(F)F. The molecule has 0 aromatic heterocycles. The predicted molar refractivity (Wildman–Crippen MR) is 74.3 cm³/mol. The molecule has 2 rings (SSSR count). The summed E-state index contributed by atoms with van der Waals surface area (Å²) in [6.07, 6.45) is -13.9. The first-order valence-electron chi connectivity index (χ1n) is 7.14. The van der Waals surface area contributed by atoms with Gasteiger partial charge in [-0.2, -0.15) is 26.3 Å². The number of alkyl halides is 6. The van der Waals surface area contributed by atoms with Gasteiger partial charge in [-0.1, -0.05) is 24.3 Å². The number of halogens is 6. The van der Waals surface area contributed by atoms with Gasteiger partial charge in [-0.3, -0.25) is 4.79 Å². The molecule has 1 unspecified atom stereocenters. The third-order valence-corrected chi connectivity index (χ3v) is 4.38. The zero-order valence-corrected chi connectivity index (χ0v) is 14.0. The number of carbonyl (C=O) groups excluding carboxylic acids is 1. The van der Waals surface area contributed by atoms with Crippen molar-refractivity contribution in [2.45, 2.75) is 30.5 Å². The average Bonchev–Trinajstić information content (AvgIpc) is 3.28. The van der Waals surface area contributed by atoms with E-state index in [-0.39, 0.29) is 11.7 Å². The van der Waals surface area contributed by atoms with Crippen molar-refractivity contribution >= 4 is 16.1 Å². The molecule has 1 atom stereocenters. The fourth-order valence-corrected chi connectivity index (χ4v) is 3.09. The van der Waals surface area contributed by atoms with Crippen LogP contribution in [-0.2, 0) is 30.8 Å². The Kier molecular flexibility index (Phi) is 5.52. The van der Waals surface area contributed by atoms with Gasteiger partial charge in [0.25, 0.3) is 0 Å². The van der Waals surface area contributed by atoms with Gasteiger partial charge in [0.15, 0.2) is 0 Å². The molecule has 0 bridgehead atoms. The Bertz CT molecular complexity index is 781. The highest BCUT2D eigenvalue weighted by atomic mass is 32.2. The molecule has 0 N–H and O–H groups in total. The van der Waals surface area contributed by atoms with Crippen LogP contribution in [0, 0.1) is 0 Å². The third kappa shape index (κ3) is 5.11. The van der Waals surface area contributed by atoms with Gasteiger partial charge in [0, 0.05) is 0 Å². The number of hydrogen-bond acceptors (Lipinski definition) is 6. The van der Waals surface area contributed by atoms with Crippen LogP contribution in [0.1, 0.15) is 17.2 Å². The Morgan fingerprint density at radius 3 is 1.96 bits per heavy atom. The van der Waals surface area contributed by atoms with E-state index in [9.17, 15) is 44.1 Å². The summed E-state index contributed by atoms with van der Waals surface area (Å²) >= 11 is 0. The van der Waals surface area contributed by atoms with E-state index in [0.29, 0.717) is 12.2 Å². The zero-order chi connectivity index (χ0) is 20.7. The normalized spacial score (nSPS) is 18.3. The number of esters is 1. The largest absolute Gasteiger partial charge is 0.748 e. The number of ether oxygens (including phenoxy) is 2. The summed E-state index contributed by atoms with van der Waals surface area (Å²) in [5.74, 6) is -5.01. The monoisotopic (exact) mass is 421 g/mol. The zero-order valence-electron chi connectivity index (χ0n) is 13.1. The van der Waals surface area contributed by atoms with Crippen LogP contribution in [0.25, 0.3) is 0 Å². The summed E-state index contributed by atoms with van der Waals surface area (Å²) in [5.41, 5.74) is -4.74. The Morgan fingerprint density at radius 2 is 1.59 bits per heavy atom. The molecule has 0 radical (unpaired) electrons. The standard InChI is InChI=1S/C14H12F6O6S/c15-13(16,17)12(14(18,19)20,7-27(22,23)24)26-11(21)5-8-1-3-9(4-2-8)10-6-25-10/h1-4,10H,5-7H2,(H,22,23,24)/p-1. The Balaban J connectivity index is 2.26. The molecule has 1 aliphatic heterocycles. The first-order valence-corrected chi connectivity index (χ1v) is 8.72. The van der Waals surface area contributed by atoms with Gasteiger partial charge >= 0.3 is 23.9 Å². The highest BCUT2D eigenvalue weighted by molar-refractivity contribution is 7.85. The van der Waals surface area contributed by atoms with Gasteiger partial charge in [0.2, 0.25) is 0 Å². The van der Waals surface area contributed by atoms with E-state index in [2.05, 4.69) is 4.74 Å². The van der Waals surface area contributed by atoms with Crippen molar-refractivity contribution in [3.05, 3.63) is 35.4 Å². The maximum absolute atomic E-state index is 13.0. The van der Waals surface area contributed by atoms with Gasteiger partial charge < -0.3 is 14.0 Å². The molecule has 0 spiro atoms. The van der Waals surface area contributed by atoms with Crippen molar-refractivity contribution in [2.75, 3.05) is 12.4 Å². The van der Waals surface area contributed by atoms with Crippen molar-refractivity contribution in [1.29, 1.82) is 0 Å². The lowest BCUT2D eigenvalue weighted by Gasteiger charge is -2.36. The van der Waals surface area contributed by atoms with Gasteiger partial charge in [0.05, 0.1) is 28.9 Å². The molecule has 1 fully saturated rings. The number of benzene rings is 1. The van der Waals surface area contributed by atoms with Crippen molar-refractivity contribution in [3.63, 3.8) is 0 Å². The lowest BCUT2D eigenvalue weighted by Crippen LogP contribution is -2.63. The molecule has 1 aromatic rings. The molecule has 0 aliphatic carbocycles. The van der Waals surface area contributed by atoms with Crippen LogP contribution < -0.4 is 0 Å². The van der Waals surface area contributed by atoms with E-state index >= 15 is 0 Å². The highest BCUT2D eigenvalue weighted by Crippen LogP contribution is 2.47. The fraction of sp³-hybridized carbons (Fsp3) is 0.500. The summed E-state index contributed by atoms with van der Waals surface area (Å²) in [4.78, 5) is 11.7. The van der Waals surface area contributed by atoms with E-state index in [1.165, 1.54) is 24.3 Å². The van der Waals surface area contributed by atoms with E-state index in [0.717, 1.165) is 0 Å². The molecule has 1 aliphatic rings. The van der Waals surface area contributed by atoms with Crippen molar-refractivity contribution in [3.8, 4) is 0 Å². The van der Waals surface area contributed by atoms with Crippen LogP contribution in [0.5, 0.6) is 0 Å². The minimum absolute atomic E-state index is 0.0210.